The summed E-state index contributed by atoms with van der Waals surface area (Å²) in [4.78, 5) is 30.3. The molecule has 1 aliphatic heterocycles. The standard InChI is InChI=1S/C20H23ClN4O3/c1-2-28-19(26)14-12-17(21)18(22-13-14)25-10-8-16(9-11-25)24-20(27)23-15-6-4-3-5-7-15/h3-7,12-13,16H,2,8-11H2,1H3,(H2,23,24,27). The van der Waals surface area contributed by atoms with Gasteiger partial charge in [-0.3, -0.25) is 0 Å². The summed E-state index contributed by atoms with van der Waals surface area (Å²) in [5.74, 6) is 0.206. The van der Waals surface area contributed by atoms with E-state index in [2.05, 4.69) is 20.5 Å². The Balaban J connectivity index is 1.52. The predicted molar refractivity (Wildman–Crippen MR) is 109 cm³/mol. The van der Waals surface area contributed by atoms with Gasteiger partial charge < -0.3 is 20.3 Å². The van der Waals surface area contributed by atoms with Gasteiger partial charge in [-0.05, 0) is 38.0 Å². The van der Waals surface area contributed by atoms with Crippen LogP contribution in [0.1, 0.15) is 30.1 Å². The summed E-state index contributed by atoms with van der Waals surface area (Å²) >= 11 is 6.33. The Morgan fingerprint density at radius 3 is 2.61 bits per heavy atom. The Kier molecular flexibility index (Phi) is 6.71. The van der Waals surface area contributed by atoms with Gasteiger partial charge in [0.25, 0.3) is 0 Å². The Labute approximate surface area is 169 Å². The lowest BCUT2D eigenvalue weighted by molar-refractivity contribution is 0.0526. The lowest BCUT2D eigenvalue weighted by Crippen LogP contribution is -2.46. The molecule has 1 aromatic carbocycles. The van der Waals surface area contributed by atoms with E-state index in [9.17, 15) is 9.59 Å². The number of anilines is 2. The molecule has 2 amide bonds. The second kappa shape index (κ2) is 9.41. The Hall–Kier alpha value is -2.80. The zero-order chi connectivity index (χ0) is 19.9. The number of piperidine rings is 1. The van der Waals surface area contributed by atoms with Gasteiger partial charge in [-0.1, -0.05) is 29.8 Å². The fourth-order valence-electron chi connectivity index (χ4n) is 3.10. The van der Waals surface area contributed by atoms with Crippen LogP contribution >= 0.6 is 11.6 Å². The van der Waals surface area contributed by atoms with Crippen LogP contribution in [0.5, 0.6) is 0 Å². The molecule has 28 heavy (non-hydrogen) atoms. The summed E-state index contributed by atoms with van der Waals surface area (Å²) in [7, 11) is 0. The van der Waals surface area contributed by atoms with Crippen molar-refractivity contribution in [3.8, 4) is 0 Å². The molecule has 0 saturated carbocycles. The van der Waals surface area contributed by atoms with E-state index in [4.69, 9.17) is 16.3 Å². The molecule has 148 valence electrons. The van der Waals surface area contributed by atoms with Crippen molar-refractivity contribution < 1.29 is 14.3 Å². The molecule has 0 atom stereocenters. The van der Waals surface area contributed by atoms with Crippen LogP contribution in [0.25, 0.3) is 0 Å². The van der Waals surface area contributed by atoms with Crippen molar-refractivity contribution in [3.63, 3.8) is 0 Å². The van der Waals surface area contributed by atoms with E-state index in [1.54, 1.807) is 13.0 Å². The number of hydrogen-bond donors (Lipinski definition) is 2. The molecule has 0 aliphatic carbocycles. The van der Waals surface area contributed by atoms with Crippen molar-refractivity contribution in [2.45, 2.75) is 25.8 Å². The van der Waals surface area contributed by atoms with Gasteiger partial charge in [0, 0.05) is 31.0 Å². The zero-order valence-electron chi connectivity index (χ0n) is 15.7. The number of amides is 2. The Morgan fingerprint density at radius 1 is 1.25 bits per heavy atom. The maximum atomic E-state index is 12.1. The molecule has 0 bridgehead atoms. The number of esters is 1. The number of ether oxygens (including phenoxy) is 1. The number of halogens is 1. The van der Waals surface area contributed by atoms with Crippen molar-refractivity contribution in [2.24, 2.45) is 0 Å². The number of urea groups is 1. The van der Waals surface area contributed by atoms with Crippen LogP contribution in [0.3, 0.4) is 0 Å². The molecule has 3 rings (SSSR count). The van der Waals surface area contributed by atoms with Crippen LogP contribution in [0.15, 0.2) is 42.6 Å². The smallest absolute Gasteiger partial charge is 0.339 e. The topological polar surface area (TPSA) is 83.6 Å². The van der Waals surface area contributed by atoms with Crippen molar-refractivity contribution in [1.29, 1.82) is 0 Å². The maximum Gasteiger partial charge on any atom is 0.339 e. The lowest BCUT2D eigenvalue weighted by Gasteiger charge is -2.33. The number of pyridine rings is 1. The summed E-state index contributed by atoms with van der Waals surface area (Å²) in [5, 5.41) is 6.24. The third-order valence-corrected chi connectivity index (χ3v) is 4.77. The largest absolute Gasteiger partial charge is 0.462 e. The third-order valence-electron chi connectivity index (χ3n) is 4.49. The van der Waals surface area contributed by atoms with Gasteiger partial charge in [0.2, 0.25) is 0 Å². The molecule has 8 heteroatoms. The maximum absolute atomic E-state index is 12.1. The lowest BCUT2D eigenvalue weighted by atomic mass is 10.1. The highest BCUT2D eigenvalue weighted by atomic mass is 35.5. The van der Waals surface area contributed by atoms with Crippen LogP contribution < -0.4 is 15.5 Å². The molecule has 1 aliphatic rings. The summed E-state index contributed by atoms with van der Waals surface area (Å²) in [6.45, 7) is 3.47. The molecular formula is C20H23ClN4O3. The van der Waals surface area contributed by atoms with Crippen molar-refractivity contribution in [2.75, 3.05) is 29.9 Å². The molecule has 2 N–H and O–H groups in total. The van der Waals surface area contributed by atoms with Gasteiger partial charge in [0.05, 0.1) is 17.2 Å². The van der Waals surface area contributed by atoms with Crippen molar-refractivity contribution in [1.82, 2.24) is 10.3 Å². The van der Waals surface area contributed by atoms with Crippen molar-refractivity contribution >= 4 is 35.1 Å². The van der Waals surface area contributed by atoms with Crippen LogP contribution in [0.4, 0.5) is 16.3 Å². The third kappa shape index (κ3) is 5.13. The fourth-order valence-corrected chi connectivity index (χ4v) is 3.39. The van der Waals surface area contributed by atoms with E-state index in [1.807, 2.05) is 30.3 Å². The highest BCUT2D eigenvalue weighted by Crippen LogP contribution is 2.27. The van der Waals surface area contributed by atoms with Crippen LogP contribution in [0.2, 0.25) is 5.02 Å². The average molecular weight is 403 g/mol. The molecule has 0 radical (unpaired) electrons. The van der Waals surface area contributed by atoms with E-state index in [0.29, 0.717) is 36.1 Å². The van der Waals surface area contributed by atoms with Gasteiger partial charge in [-0.25, -0.2) is 14.6 Å². The first-order valence-electron chi connectivity index (χ1n) is 9.27. The minimum Gasteiger partial charge on any atom is -0.462 e. The molecule has 2 heterocycles. The van der Waals surface area contributed by atoms with Gasteiger partial charge in [0.15, 0.2) is 0 Å². The predicted octanol–water partition coefficient (Wildman–Crippen LogP) is 3.70. The first-order chi connectivity index (χ1) is 13.6. The number of hydrogen-bond acceptors (Lipinski definition) is 5. The minimum atomic E-state index is -0.434. The molecular weight excluding hydrogens is 380 g/mol. The summed E-state index contributed by atoms with van der Waals surface area (Å²) in [6, 6.07) is 10.8. The second-order valence-electron chi connectivity index (χ2n) is 6.48. The van der Waals surface area contributed by atoms with E-state index < -0.39 is 5.97 Å². The Morgan fingerprint density at radius 2 is 1.96 bits per heavy atom. The molecule has 7 nitrogen and oxygen atoms in total. The van der Waals surface area contributed by atoms with Gasteiger partial charge in [-0.2, -0.15) is 0 Å². The molecule has 1 saturated heterocycles. The van der Waals surface area contributed by atoms with Crippen LogP contribution in [0, 0.1) is 0 Å². The molecule has 0 unspecified atom stereocenters. The number of nitrogens with one attached hydrogen (secondary N) is 2. The summed E-state index contributed by atoms with van der Waals surface area (Å²) < 4.78 is 4.96. The van der Waals surface area contributed by atoms with Gasteiger partial charge in [0.1, 0.15) is 5.82 Å². The quantitative estimate of drug-likeness (QED) is 0.745. The van der Waals surface area contributed by atoms with E-state index in [1.165, 1.54) is 6.20 Å². The highest BCUT2D eigenvalue weighted by molar-refractivity contribution is 6.33. The van der Waals surface area contributed by atoms with Crippen LogP contribution in [-0.4, -0.2) is 42.7 Å². The number of para-hydroxylation sites is 1. The first kappa shape index (κ1) is 19.9. The number of aromatic nitrogens is 1. The zero-order valence-corrected chi connectivity index (χ0v) is 16.4. The normalized spacial score (nSPS) is 14.4. The minimum absolute atomic E-state index is 0.0811. The van der Waals surface area contributed by atoms with Gasteiger partial charge >= 0.3 is 12.0 Å². The van der Waals surface area contributed by atoms with Gasteiger partial charge in [-0.15, -0.1) is 0 Å². The fraction of sp³-hybridized carbons (Fsp3) is 0.350. The second-order valence-corrected chi connectivity index (χ2v) is 6.88. The number of benzene rings is 1. The van der Waals surface area contributed by atoms with Crippen molar-refractivity contribution in [3.05, 3.63) is 53.2 Å². The van der Waals surface area contributed by atoms with Crippen LogP contribution in [-0.2, 0) is 4.74 Å². The van der Waals surface area contributed by atoms with E-state index in [0.717, 1.165) is 18.5 Å². The number of carbonyl (C=O) groups is 2. The highest BCUT2D eigenvalue weighted by Gasteiger charge is 2.23. The number of carbonyl (C=O) groups excluding carboxylic acids is 2. The van der Waals surface area contributed by atoms with E-state index in [-0.39, 0.29) is 12.1 Å². The number of rotatable bonds is 5. The SMILES string of the molecule is CCOC(=O)c1cnc(N2CCC(NC(=O)Nc3ccccc3)CC2)c(Cl)c1. The number of nitrogens with zero attached hydrogens (tertiary/aromatic N) is 2. The molecule has 0 spiro atoms. The average Bonchev–Trinajstić information content (AvgIpc) is 2.69. The first-order valence-corrected chi connectivity index (χ1v) is 9.64. The molecule has 2 aromatic rings. The molecule has 1 fully saturated rings. The Bertz CT molecular complexity index is 823. The summed E-state index contributed by atoms with van der Waals surface area (Å²) in [6.07, 6.45) is 3.04. The summed E-state index contributed by atoms with van der Waals surface area (Å²) in [5.41, 5.74) is 1.10. The monoisotopic (exact) mass is 402 g/mol. The van der Waals surface area contributed by atoms with E-state index >= 15 is 0 Å². The molecule has 1 aromatic heterocycles.